The van der Waals surface area contributed by atoms with Crippen LogP contribution in [-0.2, 0) is 0 Å². The van der Waals surface area contributed by atoms with Gasteiger partial charge in [-0.1, -0.05) is 177 Å². The third kappa shape index (κ3) is 5.14. The lowest BCUT2D eigenvalue weighted by Gasteiger charge is -2.45. The minimum Gasteiger partial charge on any atom is -0.292 e. The molecule has 2 aliphatic carbocycles. The van der Waals surface area contributed by atoms with Crippen molar-refractivity contribution in [3.63, 3.8) is 0 Å². The van der Waals surface area contributed by atoms with Crippen LogP contribution >= 0.6 is 0 Å². The Morgan fingerprint density at radius 3 is 1.96 bits per heavy atom. The topological polar surface area (TPSA) is 17.8 Å². The van der Waals surface area contributed by atoms with Crippen molar-refractivity contribution in [2.45, 2.75) is 12.8 Å². The first kappa shape index (κ1) is 32.4. The Hall–Kier alpha value is -7.03. The van der Waals surface area contributed by atoms with Gasteiger partial charge in [-0.25, -0.2) is 4.98 Å². The van der Waals surface area contributed by atoms with Gasteiger partial charge in [-0.15, -0.1) is 0 Å². The van der Waals surface area contributed by atoms with E-state index in [4.69, 9.17) is 4.98 Å². The van der Waals surface area contributed by atoms with Crippen molar-refractivity contribution in [2.24, 2.45) is 5.41 Å². The zero-order valence-electron chi connectivity index (χ0n) is 31.1. The van der Waals surface area contributed by atoms with Crippen molar-refractivity contribution in [1.29, 1.82) is 0 Å². The van der Waals surface area contributed by atoms with Crippen molar-refractivity contribution in [2.75, 3.05) is 0 Å². The van der Waals surface area contributed by atoms with Crippen LogP contribution < -0.4 is 0 Å². The number of hydrogen-bond acceptors (Lipinski definition) is 1. The van der Waals surface area contributed by atoms with Gasteiger partial charge in [0.25, 0.3) is 0 Å². The molecule has 2 heteroatoms. The first-order valence-electron chi connectivity index (χ1n) is 19.5. The van der Waals surface area contributed by atoms with Gasteiger partial charge < -0.3 is 0 Å². The molecule has 2 unspecified atom stereocenters. The fourth-order valence-electron chi connectivity index (χ4n) is 9.37. The molecule has 2 nitrogen and oxygen atoms in total. The minimum absolute atomic E-state index is 0.130. The molecule has 56 heavy (non-hydrogen) atoms. The van der Waals surface area contributed by atoms with Crippen LogP contribution in [0.1, 0.15) is 40.7 Å². The molecule has 0 N–H and O–H groups in total. The average Bonchev–Trinajstić information content (AvgIpc) is 3.65. The number of fused-ring (bicyclic) bond motifs is 5. The molecule has 0 saturated carbocycles. The number of allylic oxidation sites excluding steroid dienone is 5. The zero-order chi connectivity index (χ0) is 37.2. The SMILES string of the molecule is CC12C=CC(c3ccc(-c4nc5ccccc5n4-c4ccccc4)cc3)=CC1=C(c1ccc3ccccc3c1)c1ccccc1C2c1ccc2ccccc2c1. The second-order valence-electron chi connectivity index (χ2n) is 15.4. The highest BCUT2D eigenvalue weighted by Gasteiger charge is 2.45. The Balaban J connectivity index is 1.09. The van der Waals surface area contributed by atoms with E-state index in [0.29, 0.717) is 0 Å². The third-order valence-electron chi connectivity index (χ3n) is 12.1. The molecular weight excluding hydrogens is 677 g/mol. The van der Waals surface area contributed by atoms with Gasteiger partial charge in [0.15, 0.2) is 0 Å². The fraction of sp³-hybridized carbons (Fsp3) is 0.0556. The van der Waals surface area contributed by atoms with Gasteiger partial charge in [0.05, 0.1) is 11.0 Å². The standard InChI is InChI=1S/C54H38N2/c1-54-32-31-42(38-23-27-39(28-24-38)53-55-49-21-11-12-22-50(49)56(53)45-17-3-2-4-18-45)35-48(54)51(43-29-25-36-13-5-7-15-40(36)33-43)46-19-9-10-20-47(46)52(54)44-30-26-37-14-6-8-16-41(37)34-44/h2-35,52H,1H3. The number of imidazole rings is 1. The molecule has 11 rings (SSSR count). The van der Waals surface area contributed by atoms with Gasteiger partial charge in [-0.05, 0) is 102 Å². The predicted octanol–water partition coefficient (Wildman–Crippen LogP) is 13.6. The average molecular weight is 715 g/mol. The molecule has 1 heterocycles. The lowest BCUT2D eigenvalue weighted by molar-refractivity contribution is 0.449. The number of nitrogens with zero attached hydrogens (tertiary/aromatic N) is 2. The predicted molar refractivity (Wildman–Crippen MR) is 234 cm³/mol. The number of benzene rings is 8. The second kappa shape index (κ2) is 12.8. The molecule has 0 amide bonds. The van der Waals surface area contributed by atoms with Crippen LogP contribution in [0.4, 0.5) is 0 Å². The molecule has 0 fully saturated rings. The number of aromatic nitrogens is 2. The molecule has 0 radical (unpaired) electrons. The maximum absolute atomic E-state index is 5.13. The van der Waals surface area contributed by atoms with Gasteiger partial charge in [-0.2, -0.15) is 0 Å². The minimum atomic E-state index is -0.304. The van der Waals surface area contributed by atoms with E-state index in [1.165, 1.54) is 66.1 Å². The smallest absolute Gasteiger partial charge is 0.145 e. The Bertz CT molecular complexity index is 3090. The quantitative estimate of drug-likeness (QED) is 0.174. The molecule has 1 aromatic heterocycles. The third-order valence-corrected chi connectivity index (χ3v) is 12.1. The molecule has 264 valence electrons. The molecule has 2 aliphatic rings. The van der Waals surface area contributed by atoms with Crippen molar-refractivity contribution in [3.8, 4) is 17.1 Å². The monoisotopic (exact) mass is 714 g/mol. The molecule has 8 aromatic carbocycles. The van der Waals surface area contributed by atoms with E-state index in [1.54, 1.807) is 0 Å². The lowest BCUT2D eigenvalue weighted by atomic mass is 9.57. The molecular formula is C54H38N2. The molecule has 0 spiro atoms. The Kier molecular flexibility index (Phi) is 7.40. The van der Waals surface area contributed by atoms with Crippen molar-refractivity contribution >= 4 is 43.7 Å². The van der Waals surface area contributed by atoms with E-state index in [0.717, 1.165) is 28.1 Å². The van der Waals surface area contributed by atoms with E-state index in [2.05, 4.69) is 218 Å². The summed E-state index contributed by atoms with van der Waals surface area (Å²) in [6, 6.07) is 68.4. The summed E-state index contributed by atoms with van der Waals surface area (Å²) < 4.78 is 2.27. The summed E-state index contributed by atoms with van der Waals surface area (Å²) >= 11 is 0. The molecule has 2 atom stereocenters. The van der Waals surface area contributed by atoms with E-state index < -0.39 is 0 Å². The highest BCUT2D eigenvalue weighted by atomic mass is 15.1. The zero-order valence-corrected chi connectivity index (χ0v) is 31.1. The maximum Gasteiger partial charge on any atom is 0.145 e. The van der Waals surface area contributed by atoms with Gasteiger partial charge in [0, 0.05) is 22.6 Å². The van der Waals surface area contributed by atoms with Gasteiger partial charge in [0.1, 0.15) is 5.82 Å². The summed E-state index contributed by atoms with van der Waals surface area (Å²) in [5.74, 6) is 1.07. The van der Waals surface area contributed by atoms with Gasteiger partial charge in [-0.3, -0.25) is 4.57 Å². The van der Waals surface area contributed by atoms with Gasteiger partial charge in [0.2, 0.25) is 0 Å². The Labute approximate surface area is 327 Å². The first-order chi connectivity index (χ1) is 27.6. The van der Waals surface area contributed by atoms with Crippen molar-refractivity contribution in [1.82, 2.24) is 9.55 Å². The van der Waals surface area contributed by atoms with E-state index in [9.17, 15) is 0 Å². The second-order valence-corrected chi connectivity index (χ2v) is 15.4. The highest BCUT2D eigenvalue weighted by molar-refractivity contribution is 5.97. The van der Waals surface area contributed by atoms with Crippen LogP contribution in [0.2, 0.25) is 0 Å². The number of hydrogen-bond donors (Lipinski definition) is 0. The van der Waals surface area contributed by atoms with Crippen LogP contribution in [0, 0.1) is 5.41 Å². The summed E-state index contributed by atoms with van der Waals surface area (Å²) in [5.41, 5.74) is 14.2. The van der Waals surface area contributed by atoms with Crippen LogP contribution in [0.3, 0.4) is 0 Å². The fourth-order valence-corrected chi connectivity index (χ4v) is 9.37. The number of para-hydroxylation sites is 3. The summed E-state index contributed by atoms with van der Waals surface area (Å²) in [6.07, 6.45) is 7.32. The molecule has 0 saturated heterocycles. The van der Waals surface area contributed by atoms with Crippen molar-refractivity contribution in [3.05, 3.63) is 240 Å². The normalized spacial score (nSPS) is 17.6. The van der Waals surface area contributed by atoms with E-state index in [-0.39, 0.29) is 11.3 Å². The van der Waals surface area contributed by atoms with Crippen LogP contribution in [-0.4, -0.2) is 9.55 Å². The van der Waals surface area contributed by atoms with Gasteiger partial charge >= 0.3 is 0 Å². The van der Waals surface area contributed by atoms with E-state index in [1.807, 2.05) is 0 Å². The summed E-state index contributed by atoms with van der Waals surface area (Å²) in [7, 11) is 0. The summed E-state index contributed by atoms with van der Waals surface area (Å²) in [4.78, 5) is 5.13. The number of rotatable bonds is 5. The molecule has 0 bridgehead atoms. The molecule has 0 aliphatic heterocycles. The van der Waals surface area contributed by atoms with Crippen LogP contribution in [0.5, 0.6) is 0 Å². The lowest BCUT2D eigenvalue weighted by Crippen LogP contribution is -2.33. The van der Waals surface area contributed by atoms with Crippen LogP contribution in [0.15, 0.2) is 212 Å². The Morgan fingerprint density at radius 2 is 1.16 bits per heavy atom. The summed E-state index contributed by atoms with van der Waals surface area (Å²) in [5, 5.41) is 5.04. The highest BCUT2D eigenvalue weighted by Crippen LogP contribution is 2.58. The Morgan fingerprint density at radius 1 is 0.536 bits per heavy atom. The summed E-state index contributed by atoms with van der Waals surface area (Å²) in [6.45, 7) is 2.44. The maximum atomic E-state index is 5.13. The van der Waals surface area contributed by atoms with E-state index >= 15 is 0 Å². The molecule has 9 aromatic rings. The first-order valence-corrected chi connectivity index (χ1v) is 19.5. The van der Waals surface area contributed by atoms with Crippen LogP contribution in [0.25, 0.3) is 60.8 Å². The van der Waals surface area contributed by atoms with Crippen molar-refractivity contribution < 1.29 is 0 Å². The largest absolute Gasteiger partial charge is 0.292 e.